The lowest BCUT2D eigenvalue weighted by molar-refractivity contribution is -0.115. The Hall–Kier alpha value is -1.67. The number of ether oxygens (including phenoxy) is 1. The molecule has 1 aromatic heterocycles. The minimum absolute atomic E-state index is 0.172. The molecule has 0 fully saturated rings. The van der Waals surface area contributed by atoms with Gasteiger partial charge in [-0.2, -0.15) is 0 Å². The Bertz CT molecular complexity index is 709. The Morgan fingerprint density at radius 3 is 2.77 bits per heavy atom. The summed E-state index contributed by atoms with van der Waals surface area (Å²) in [6.45, 7) is 5.10. The van der Waals surface area contributed by atoms with Crippen LogP contribution in [0.15, 0.2) is 22.7 Å². The number of anilines is 1. The van der Waals surface area contributed by atoms with E-state index in [0.29, 0.717) is 5.13 Å². The van der Waals surface area contributed by atoms with Crippen LogP contribution in [0.3, 0.4) is 0 Å². The molecule has 0 aliphatic carbocycles. The van der Waals surface area contributed by atoms with Gasteiger partial charge in [0.15, 0.2) is 5.13 Å². The third-order valence-electron chi connectivity index (χ3n) is 2.39. The Morgan fingerprint density at radius 1 is 1.36 bits per heavy atom. The summed E-state index contributed by atoms with van der Waals surface area (Å²) in [4.78, 5) is 27.6. The third-order valence-corrected chi connectivity index (χ3v) is 3.82. The Morgan fingerprint density at radius 2 is 2.09 bits per heavy atom. The molecule has 0 saturated heterocycles. The fraction of sp³-hybridized carbons (Fsp3) is 0.357. The molecule has 6 nitrogen and oxygen atoms in total. The van der Waals surface area contributed by atoms with E-state index in [4.69, 9.17) is 4.74 Å². The topological polar surface area (TPSA) is 80.3 Å². The lowest BCUT2D eigenvalue weighted by atomic mass is 10.2. The molecule has 2 rings (SSSR count). The van der Waals surface area contributed by atoms with Crippen molar-refractivity contribution in [3.63, 3.8) is 0 Å². The summed E-state index contributed by atoms with van der Waals surface area (Å²) < 4.78 is 6.97. The van der Waals surface area contributed by atoms with Crippen molar-refractivity contribution < 1.29 is 14.3 Å². The molecule has 2 N–H and O–H groups in total. The molecule has 1 heterocycles. The average molecular weight is 386 g/mol. The normalized spacial score (nSPS) is 11.3. The minimum Gasteiger partial charge on any atom is -0.444 e. The van der Waals surface area contributed by atoms with E-state index in [0.717, 1.165) is 14.7 Å². The second kappa shape index (κ2) is 6.62. The van der Waals surface area contributed by atoms with Crippen LogP contribution in [-0.4, -0.2) is 29.1 Å². The first kappa shape index (κ1) is 16.7. The van der Waals surface area contributed by atoms with Crippen molar-refractivity contribution in [1.29, 1.82) is 0 Å². The third kappa shape index (κ3) is 4.96. The SMILES string of the molecule is CC(C)(C)OC(=O)NCC(=O)Nc1nc2ccc(Br)cc2s1. The first-order valence-corrected chi connectivity index (χ1v) is 8.17. The predicted molar refractivity (Wildman–Crippen MR) is 90.2 cm³/mol. The second-order valence-corrected chi connectivity index (χ2v) is 7.48. The molecule has 0 aliphatic rings. The average Bonchev–Trinajstić information content (AvgIpc) is 2.75. The molecule has 0 radical (unpaired) electrons. The van der Waals surface area contributed by atoms with E-state index in [2.05, 4.69) is 31.5 Å². The number of nitrogens with one attached hydrogen (secondary N) is 2. The minimum atomic E-state index is -0.629. The van der Waals surface area contributed by atoms with Gasteiger partial charge in [-0.1, -0.05) is 27.3 Å². The molecule has 0 saturated carbocycles. The number of carbonyl (C=O) groups is 2. The summed E-state index contributed by atoms with van der Waals surface area (Å²) in [6.07, 6.45) is -0.629. The number of carbonyl (C=O) groups excluding carboxylic acids is 2. The molecule has 0 unspecified atom stereocenters. The van der Waals surface area contributed by atoms with Crippen molar-refractivity contribution in [3.05, 3.63) is 22.7 Å². The quantitative estimate of drug-likeness (QED) is 0.846. The number of benzene rings is 1. The van der Waals surface area contributed by atoms with Crippen LogP contribution in [-0.2, 0) is 9.53 Å². The summed E-state index contributed by atoms with van der Waals surface area (Å²) in [7, 11) is 0. The van der Waals surface area contributed by atoms with Crippen LogP contribution in [0.25, 0.3) is 10.2 Å². The smallest absolute Gasteiger partial charge is 0.408 e. The first-order chi connectivity index (χ1) is 10.2. The number of nitrogens with zero attached hydrogens (tertiary/aromatic N) is 1. The van der Waals surface area contributed by atoms with Crippen molar-refractivity contribution in [3.8, 4) is 0 Å². The summed E-state index contributed by atoms with van der Waals surface area (Å²) in [5.74, 6) is -0.357. The number of aromatic nitrogens is 1. The number of hydrogen-bond donors (Lipinski definition) is 2. The van der Waals surface area contributed by atoms with Crippen LogP contribution >= 0.6 is 27.3 Å². The van der Waals surface area contributed by atoms with E-state index in [1.807, 2.05) is 18.2 Å². The van der Waals surface area contributed by atoms with Crippen molar-refractivity contribution >= 4 is 54.6 Å². The van der Waals surface area contributed by atoms with Crippen LogP contribution in [0.4, 0.5) is 9.93 Å². The molecule has 1 aromatic carbocycles. The molecule has 2 amide bonds. The zero-order chi connectivity index (χ0) is 16.3. The number of alkyl carbamates (subject to hydrolysis) is 1. The number of thiazole rings is 1. The van der Waals surface area contributed by atoms with Gasteiger partial charge < -0.3 is 15.4 Å². The molecule has 0 bridgehead atoms. The monoisotopic (exact) mass is 385 g/mol. The molecule has 8 heteroatoms. The van der Waals surface area contributed by atoms with Gasteiger partial charge in [-0.3, -0.25) is 4.79 Å². The lowest BCUT2D eigenvalue weighted by Crippen LogP contribution is -2.37. The summed E-state index contributed by atoms with van der Waals surface area (Å²) in [6, 6.07) is 5.68. The van der Waals surface area contributed by atoms with Crippen molar-refractivity contribution in [2.24, 2.45) is 0 Å². The van der Waals surface area contributed by atoms with Gasteiger partial charge in [-0.05, 0) is 39.0 Å². The first-order valence-electron chi connectivity index (χ1n) is 6.56. The fourth-order valence-corrected chi connectivity index (χ4v) is 3.02. The number of hydrogen-bond acceptors (Lipinski definition) is 5. The van der Waals surface area contributed by atoms with Gasteiger partial charge in [-0.15, -0.1) is 0 Å². The highest BCUT2D eigenvalue weighted by molar-refractivity contribution is 9.10. The van der Waals surface area contributed by atoms with E-state index in [1.165, 1.54) is 11.3 Å². The number of rotatable bonds is 3. The largest absolute Gasteiger partial charge is 0.444 e. The zero-order valence-corrected chi connectivity index (χ0v) is 14.8. The van der Waals surface area contributed by atoms with E-state index < -0.39 is 11.7 Å². The van der Waals surface area contributed by atoms with E-state index in [9.17, 15) is 9.59 Å². The standard InChI is InChI=1S/C14H16BrN3O3S/c1-14(2,3)21-13(20)16-7-11(19)18-12-17-9-5-4-8(15)6-10(9)22-12/h4-6H,7H2,1-3H3,(H,16,20)(H,17,18,19). The number of halogens is 1. The van der Waals surface area contributed by atoms with Gasteiger partial charge in [0.2, 0.25) is 5.91 Å². The van der Waals surface area contributed by atoms with Gasteiger partial charge in [0.05, 0.1) is 10.2 Å². The van der Waals surface area contributed by atoms with Gasteiger partial charge in [0.25, 0.3) is 0 Å². The molecule has 0 aliphatic heterocycles. The number of fused-ring (bicyclic) bond motifs is 1. The Labute approximate surface area is 140 Å². The molecular formula is C14H16BrN3O3S. The highest BCUT2D eigenvalue weighted by Crippen LogP contribution is 2.28. The van der Waals surface area contributed by atoms with Gasteiger partial charge in [0, 0.05) is 4.47 Å². The fourth-order valence-electron chi connectivity index (χ4n) is 1.58. The Balaban J connectivity index is 1.89. The van der Waals surface area contributed by atoms with Crippen LogP contribution in [0.1, 0.15) is 20.8 Å². The van der Waals surface area contributed by atoms with Crippen molar-refractivity contribution in [1.82, 2.24) is 10.3 Å². The second-order valence-electron chi connectivity index (χ2n) is 5.53. The maximum absolute atomic E-state index is 11.8. The van der Waals surface area contributed by atoms with E-state index in [1.54, 1.807) is 20.8 Å². The maximum Gasteiger partial charge on any atom is 0.408 e. The molecule has 0 spiro atoms. The Kier molecular flexibility index (Phi) is 5.02. The van der Waals surface area contributed by atoms with Crippen LogP contribution in [0, 0.1) is 0 Å². The molecule has 22 heavy (non-hydrogen) atoms. The van der Waals surface area contributed by atoms with Crippen molar-refractivity contribution in [2.45, 2.75) is 26.4 Å². The van der Waals surface area contributed by atoms with Crippen LogP contribution in [0.5, 0.6) is 0 Å². The highest BCUT2D eigenvalue weighted by Gasteiger charge is 2.17. The lowest BCUT2D eigenvalue weighted by Gasteiger charge is -2.19. The van der Waals surface area contributed by atoms with Gasteiger partial charge in [-0.25, -0.2) is 9.78 Å². The maximum atomic E-state index is 11.8. The summed E-state index contributed by atoms with van der Waals surface area (Å²) in [5, 5.41) is 5.54. The zero-order valence-electron chi connectivity index (χ0n) is 12.4. The van der Waals surface area contributed by atoms with Crippen molar-refractivity contribution in [2.75, 3.05) is 11.9 Å². The van der Waals surface area contributed by atoms with E-state index in [-0.39, 0.29) is 12.5 Å². The van der Waals surface area contributed by atoms with Crippen LogP contribution in [0.2, 0.25) is 0 Å². The molecule has 118 valence electrons. The van der Waals surface area contributed by atoms with E-state index >= 15 is 0 Å². The predicted octanol–water partition coefficient (Wildman–Crippen LogP) is 3.52. The van der Waals surface area contributed by atoms with Gasteiger partial charge >= 0.3 is 6.09 Å². The molecule has 0 atom stereocenters. The molecule has 2 aromatic rings. The summed E-state index contributed by atoms with van der Waals surface area (Å²) in [5.41, 5.74) is 0.213. The van der Waals surface area contributed by atoms with Gasteiger partial charge in [0.1, 0.15) is 12.1 Å². The van der Waals surface area contributed by atoms with Crippen LogP contribution < -0.4 is 10.6 Å². The summed E-state index contributed by atoms with van der Waals surface area (Å²) >= 11 is 4.75. The molecular weight excluding hydrogens is 370 g/mol. The number of amides is 2. The highest BCUT2D eigenvalue weighted by atomic mass is 79.9.